The Morgan fingerprint density at radius 1 is 1.65 bits per heavy atom. The van der Waals surface area contributed by atoms with Gasteiger partial charge in [-0.1, -0.05) is 12.1 Å². The van der Waals surface area contributed by atoms with Crippen LogP contribution >= 0.6 is 0 Å². The van der Waals surface area contributed by atoms with E-state index in [1.807, 2.05) is 18.5 Å². The Balaban J connectivity index is 2.04. The lowest BCUT2D eigenvalue weighted by Crippen LogP contribution is -2.23. The molecular formula is C14H20N2O. The molecule has 0 N–H and O–H groups in total. The van der Waals surface area contributed by atoms with Crippen LogP contribution in [0.25, 0.3) is 0 Å². The van der Waals surface area contributed by atoms with Crippen LogP contribution in [-0.2, 0) is 4.74 Å². The number of ether oxygens (including phenoxy) is 1. The molecule has 2 atom stereocenters. The van der Waals surface area contributed by atoms with Crippen LogP contribution in [0.3, 0.4) is 0 Å². The summed E-state index contributed by atoms with van der Waals surface area (Å²) in [6, 6.07) is 4.59. The van der Waals surface area contributed by atoms with Crippen molar-refractivity contribution in [3.63, 3.8) is 0 Å². The molecular weight excluding hydrogens is 212 g/mol. The minimum Gasteiger partial charge on any atom is -0.377 e. The third-order valence-corrected chi connectivity index (χ3v) is 3.37. The predicted octanol–water partition coefficient (Wildman–Crippen LogP) is 2.28. The van der Waals surface area contributed by atoms with Gasteiger partial charge in [-0.25, -0.2) is 0 Å². The summed E-state index contributed by atoms with van der Waals surface area (Å²) >= 11 is 0. The van der Waals surface area contributed by atoms with Crippen molar-refractivity contribution in [2.45, 2.75) is 12.5 Å². The normalized spacial score (nSPS) is 25.0. The van der Waals surface area contributed by atoms with Crippen molar-refractivity contribution in [3.8, 4) is 0 Å². The van der Waals surface area contributed by atoms with Crippen LogP contribution in [-0.4, -0.2) is 36.7 Å². The molecule has 17 heavy (non-hydrogen) atoms. The highest BCUT2D eigenvalue weighted by molar-refractivity contribution is 5.16. The lowest BCUT2D eigenvalue weighted by Gasteiger charge is -2.25. The Labute approximate surface area is 103 Å². The minimum atomic E-state index is 0.438. The first-order valence-corrected chi connectivity index (χ1v) is 6.11. The fourth-order valence-corrected chi connectivity index (χ4v) is 2.58. The number of aromatic nitrogens is 1. The van der Waals surface area contributed by atoms with Gasteiger partial charge in [-0.05, 0) is 31.6 Å². The largest absolute Gasteiger partial charge is 0.377 e. The van der Waals surface area contributed by atoms with Crippen LogP contribution in [0.4, 0.5) is 0 Å². The molecule has 0 radical (unpaired) electrons. The molecule has 0 spiro atoms. The Bertz CT molecular complexity index is 352. The van der Waals surface area contributed by atoms with E-state index in [9.17, 15) is 0 Å². The van der Waals surface area contributed by atoms with Gasteiger partial charge in [0.2, 0.25) is 0 Å². The summed E-state index contributed by atoms with van der Waals surface area (Å²) in [6.45, 7) is 6.24. The molecule has 1 aromatic rings. The van der Waals surface area contributed by atoms with Gasteiger partial charge in [0.05, 0.1) is 13.2 Å². The van der Waals surface area contributed by atoms with E-state index in [4.69, 9.17) is 4.74 Å². The molecule has 2 rings (SSSR count). The monoisotopic (exact) mass is 232 g/mol. The second-order valence-electron chi connectivity index (χ2n) is 4.59. The van der Waals surface area contributed by atoms with E-state index >= 15 is 0 Å². The lowest BCUT2D eigenvalue weighted by atomic mass is 9.96. The van der Waals surface area contributed by atoms with E-state index in [-0.39, 0.29) is 0 Å². The number of hydrogen-bond donors (Lipinski definition) is 0. The zero-order chi connectivity index (χ0) is 12.1. The number of likely N-dealkylation sites (tertiary alicyclic amines) is 1. The Hall–Kier alpha value is -1.19. The van der Waals surface area contributed by atoms with Gasteiger partial charge in [0.1, 0.15) is 0 Å². The molecule has 92 valence electrons. The first-order chi connectivity index (χ1) is 8.33. The van der Waals surface area contributed by atoms with Crippen molar-refractivity contribution in [3.05, 3.63) is 42.7 Å². The molecule has 1 aromatic heterocycles. The van der Waals surface area contributed by atoms with Crippen molar-refractivity contribution in [1.82, 2.24) is 9.88 Å². The Morgan fingerprint density at radius 3 is 3.24 bits per heavy atom. The summed E-state index contributed by atoms with van der Waals surface area (Å²) in [5, 5.41) is 0. The van der Waals surface area contributed by atoms with Gasteiger partial charge >= 0.3 is 0 Å². The zero-order valence-electron chi connectivity index (χ0n) is 10.4. The minimum absolute atomic E-state index is 0.438. The third-order valence-electron chi connectivity index (χ3n) is 3.37. The first-order valence-electron chi connectivity index (χ1n) is 6.11. The number of hydrogen-bond acceptors (Lipinski definition) is 3. The van der Waals surface area contributed by atoms with Crippen LogP contribution in [0.2, 0.25) is 0 Å². The number of nitrogens with zero attached hydrogens (tertiary/aromatic N) is 2. The van der Waals surface area contributed by atoms with Crippen LogP contribution in [0.1, 0.15) is 18.0 Å². The summed E-state index contributed by atoms with van der Waals surface area (Å²) in [7, 11) is 2.17. The third kappa shape index (κ3) is 2.93. The van der Waals surface area contributed by atoms with E-state index in [0.29, 0.717) is 18.6 Å². The van der Waals surface area contributed by atoms with E-state index in [1.165, 1.54) is 12.0 Å². The molecule has 0 saturated carbocycles. The maximum Gasteiger partial charge on any atom is 0.0644 e. The highest BCUT2D eigenvalue weighted by Gasteiger charge is 2.32. The average Bonchev–Trinajstić information content (AvgIpc) is 2.72. The fourth-order valence-electron chi connectivity index (χ4n) is 2.58. The second-order valence-corrected chi connectivity index (χ2v) is 4.59. The number of rotatable bonds is 5. The Kier molecular flexibility index (Phi) is 4.29. The van der Waals surface area contributed by atoms with Crippen molar-refractivity contribution in [1.29, 1.82) is 0 Å². The standard InChI is InChI=1S/C14H20N2O/c1-3-9-17-11-13-6-8-16(2)14(13)12-5-4-7-15-10-12/h3-5,7,10,13-14H,1,6,8-9,11H2,2H3. The summed E-state index contributed by atoms with van der Waals surface area (Å²) in [6.07, 6.45) is 6.78. The van der Waals surface area contributed by atoms with Gasteiger partial charge in [-0.15, -0.1) is 6.58 Å². The Morgan fingerprint density at radius 2 is 2.53 bits per heavy atom. The van der Waals surface area contributed by atoms with E-state index in [1.54, 1.807) is 6.08 Å². The molecule has 3 nitrogen and oxygen atoms in total. The van der Waals surface area contributed by atoms with E-state index in [0.717, 1.165) is 13.2 Å². The smallest absolute Gasteiger partial charge is 0.0644 e. The van der Waals surface area contributed by atoms with Gasteiger partial charge in [0, 0.05) is 24.4 Å². The quantitative estimate of drug-likeness (QED) is 0.575. The average molecular weight is 232 g/mol. The van der Waals surface area contributed by atoms with Gasteiger partial charge in [-0.2, -0.15) is 0 Å². The highest BCUT2D eigenvalue weighted by Crippen LogP contribution is 2.35. The molecule has 1 fully saturated rings. The summed E-state index contributed by atoms with van der Waals surface area (Å²) in [5.74, 6) is 0.559. The molecule has 0 aliphatic carbocycles. The molecule has 0 aromatic carbocycles. The van der Waals surface area contributed by atoms with E-state index < -0.39 is 0 Å². The van der Waals surface area contributed by atoms with Crippen LogP contribution in [0, 0.1) is 5.92 Å². The van der Waals surface area contributed by atoms with E-state index in [2.05, 4.69) is 29.6 Å². The SMILES string of the molecule is C=CCOCC1CCN(C)C1c1cccnc1. The maximum atomic E-state index is 5.60. The van der Waals surface area contributed by atoms with Gasteiger partial charge in [-0.3, -0.25) is 9.88 Å². The molecule has 1 aliphatic rings. The van der Waals surface area contributed by atoms with Gasteiger partial charge in [0.15, 0.2) is 0 Å². The van der Waals surface area contributed by atoms with Crippen LogP contribution < -0.4 is 0 Å². The molecule has 0 amide bonds. The van der Waals surface area contributed by atoms with Crippen molar-refractivity contribution in [2.75, 3.05) is 26.8 Å². The summed E-state index contributed by atoms with van der Waals surface area (Å²) < 4.78 is 5.60. The van der Waals surface area contributed by atoms with Crippen molar-refractivity contribution in [2.24, 2.45) is 5.92 Å². The van der Waals surface area contributed by atoms with Crippen molar-refractivity contribution >= 4 is 0 Å². The predicted molar refractivity (Wildman–Crippen MR) is 68.7 cm³/mol. The molecule has 1 saturated heterocycles. The number of pyridine rings is 1. The van der Waals surface area contributed by atoms with Gasteiger partial charge in [0.25, 0.3) is 0 Å². The maximum absolute atomic E-state index is 5.60. The second kappa shape index (κ2) is 5.94. The fraction of sp³-hybridized carbons (Fsp3) is 0.500. The zero-order valence-corrected chi connectivity index (χ0v) is 10.4. The molecule has 2 heterocycles. The summed E-state index contributed by atoms with van der Waals surface area (Å²) in [5.41, 5.74) is 1.29. The van der Waals surface area contributed by atoms with Crippen LogP contribution in [0.15, 0.2) is 37.2 Å². The van der Waals surface area contributed by atoms with Gasteiger partial charge < -0.3 is 4.74 Å². The summed E-state index contributed by atoms with van der Waals surface area (Å²) in [4.78, 5) is 6.60. The molecule has 0 bridgehead atoms. The lowest BCUT2D eigenvalue weighted by molar-refractivity contribution is 0.105. The highest BCUT2D eigenvalue weighted by atomic mass is 16.5. The molecule has 3 heteroatoms. The first kappa shape index (κ1) is 12.3. The molecule has 1 aliphatic heterocycles. The topological polar surface area (TPSA) is 25.4 Å². The van der Waals surface area contributed by atoms with Crippen molar-refractivity contribution < 1.29 is 4.74 Å². The van der Waals surface area contributed by atoms with Crippen LogP contribution in [0.5, 0.6) is 0 Å². The molecule has 2 unspecified atom stereocenters.